The highest BCUT2D eigenvalue weighted by Crippen LogP contribution is 2.31. The summed E-state index contributed by atoms with van der Waals surface area (Å²) in [5, 5.41) is 5.45. The Morgan fingerprint density at radius 2 is 1.85 bits per heavy atom. The number of carbonyl (C=O) groups is 3. The number of cyclic esters (lactones) is 1. The minimum atomic E-state index is -0.388. The Morgan fingerprint density at radius 3 is 2.59 bits per heavy atom. The zero-order valence-corrected chi connectivity index (χ0v) is 14.7. The monoisotopic (exact) mass is 364 g/mol. The van der Waals surface area contributed by atoms with Gasteiger partial charge in [-0.05, 0) is 42.2 Å². The van der Waals surface area contributed by atoms with Crippen molar-refractivity contribution in [1.29, 1.82) is 0 Å². The molecule has 1 fully saturated rings. The maximum atomic E-state index is 12.4. The van der Waals surface area contributed by atoms with Gasteiger partial charge in [-0.15, -0.1) is 0 Å². The van der Waals surface area contributed by atoms with Crippen LogP contribution in [-0.2, 0) is 16.0 Å². The van der Waals surface area contributed by atoms with Gasteiger partial charge in [0.1, 0.15) is 6.10 Å². The van der Waals surface area contributed by atoms with Gasteiger partial charge in [0.15, 0.2) is 0 Å². The van der Waals surface area contributed by atoms with E-state index < -0.39 is 0 Å². The molecule has 0 saturated heterocycles. The molecule has 2 aromatic rings. The van der Waals surface area contributed by atoms with Crippen LogP contribution < -0.4 is 10.6 Å². The van der Waals surface area contributed by atoms with Crippen LogP contribution in [0.4, 0.5) is 0 Å². The Hall–Kier alpha value is -3.15. The number of hydrogen-bond acceptors (Lipinski definition) is 4. The fraction of sp³-hybridized carbons (Fsp3) is 0.286. The van der Waals surface area contributed by atoms with Crippen molar-refractivity contribution in [1.82, 2.24) is 10.6 Å². The zero-order chi connectivity index (χ0) is 18.8. The molecule has 2 amide bonds. The number of ether oxygens (including phenoxy) is 1. The van der Waals surface area contributed by atoms with Gasteiger partial charge in [-0.2, -0.15) is 0 Å². The average molecular weight is 364 g/mol. The molecular formula is C21H20N2O4. The SMILES string of the molecule is O=C(CNC(=O)c1ccc2c(c1)CC(c1ccccc1)OC2=O)NC1CC1. The normalized spacial score (nSPS) is 18.2. The van der Waals surface area contributed by atoms with Crippen LogP contribution in [0.3, 0.4) is 0 Å². The third kappa shape index (κ3) is 4.00. The van der Waals surface area contributed by atoms with Crippen molar-refractivity contribution in [3.63, 3.8) is 0 Å². The van der Waals surface area contributed by atoms with Crippen molar-refractivity contribution < 1.29 is 19.1 Å². The van der Waals surface area contributed by atoms with E-state index in [0.717, 1.165) is 24.0 Å². The predicted molar refractivity (Wildman–Crippen MR) is 98.2 cm³/mol. The molecule has 0 spiro atoms. The standard InChI is InChI=1S/C21H20N2O4/c24-19(23-16-7-8-16)12-22-20(25)14-6-9-17-15(10-14)11-18(27-21(17)26)13-4-2-1-3-5-13/h1-6,9-10,16,18H,7-8,11-12H2,(H,22,25)(H,23,24). The summed E-state index contributed by atoms with van der Waals surface area (Å²) in [5.74, 6) is -0.906. The number of esters is 1. The fourth-order valence-electron chi connectivity index (χ4n) is 3.16. The molecule has 0 radical (unpaired) electrons. The second-order valence-electron chi connectivity index (χ2n) is 6.91. The van der Waals surface area contributed by atoms with Crippen molar-refractivity contribution in [3.05, 3.63) is 70.8 Å². The first-order chi connectivity index (χ1) is 13.1. The van der Waals surface area contributed by atoms with Crippen molar-refractivity contribution >= 4 is 17.8 Å². The highest BCUT2D eigenvalue weighted by molar-refractivity contribution is 5.99. The molecule has 6 heteroatoms. The largest absolute Gasteiger partial charge is 0.454 e. The van der Waals surface area contributed by atoms with Crippen molar-refractivity contribution in [2.24, 2.45) is 0 Å². The van der Waals surface area contributed by atoms with E-state index in [0.29, 0.717) is 17.5 Å². The molecule has 0 aromatic heterocycles. The van der Waals surface area contributed by atoms with Gasteiger partial charge in [0.2, 0.25) is 5.91 Å². The number of amides is 2. The first-order valence-corrected chi connectivity index (χ1v) is 9.06. The van der Waals surface area contributed by atoms with E-state index in [4.69, 9.17) is 4.74 Å². The second kappa shape index (κ2) is 7.23. The number of nitrogens with one attached hydrogen (secondary N) is 2. The lowest BCUT2D eigenvalue weighted by Gasteiger charge is -2.25. The number of benzene rings is 2. The Kier molecular flexibility index (Phi) is 4.62. The average Bonchev–Trinajstić information content (AvgIpc) is 3.50. The van der Waals surface area contributed by atoms with E-state index in [1.807, 2.05) is 30.3 Å². The highest BCUT2D eigenvalue weighted by atomic mass is 16.5. The molecule has 1 heterocycles. The fourth-order valence-corrected chi connectivity index (χ4v) is 3.16. The van der Waals surface area contributed by atoms with Gasteiger partial charge >= 0.3 is 5.97 Å². The molecule has 1 saturated carbocycles. The Morgan fingerprint density at radius 1 is 1.07 bits per heavy atom. The molecule has 4 rings (SSSR count). The van der Waals surface area contributed by atoms with Crippen molar-refractivity contribution in [2.45, 2.75) is 31.4 Å². The molecular weight excluding hydrogens is 344 g/mol. The van der Waals surface area contributed by atoms with Gasteiger partial charge in [0.05, 0.1) is 12.1 Å². The summed E-state index contributed by atoms with van der Waals surface area (Å²) in [5.41, 5.74) is 2.60. The van der Waals surface area contributed by atoms with Gasteiger partial charge in [-0.25, -0.2) is 4.79 Å². The van der Waals surface area contributed by atoms with Crippen LogP contribution in [0.15, 0.2) is 48.5 Å². The lowest BCUT2D eigenvalue weighted by Crippen LogP contribution is -2.37. The van der Waals surface area contributed by atoms with Gasteiger partial charge in [0.25, 0.3) is 5.91 Å². The molecule has 1 atom stereocenters. The summed E-state index contributed by atoms with van der Waals surface area (Å²) < 4.78 is 5.53. The topological polar surface area (TPSA) is 84.5 Å². The van der Waals surface area contributed by atoms with E-state index in [2.05, 4.69) is 10.6 Å². The van der Waals surface area contributed by atoms with Crippen molar-refractivity contribution in [2.75, 3.05) is 6.54 Å². The third-order valence-electron chi connectivity index (χ3n) is 4.77. The molecule has 6 nitrogen and oxygen atoms in total. The Bertz CT molecular complexity index is 890. The molecule has 138 valence electrons. The molecule has 27 heavy (non-hydrogen) atoms. The van der Waals surface area contributed by atoms with Gasteiger partial charge in [-0.3, -0.25) is 9.59 Å². The minimum absolute atomic E-state index is 0.0545. The van der Waals surface area contributed by atoms with Crippen LogP contribution in [0.5, 0.6) is 0 Å². The van der Waals surface area contributed by atoms with Crippen LogP contribution in [0.2, 0.25) is 0 Å². The summed E-state index contributed by atoms with van der Waals surface area (Å²) >= 11 is 0. The van der Waals surface area contributed by atoms with Crippen LogP contribution in [0.1, 0.15) is 50.8 Å². The number of rotatable bonds is 5. The minimum Gasteiger partial charge on any atom is -0.454 e. The van der Waals surface area contributed by atoms with Gasteiger partial charge in [0, 0.05) is 18.0 Å². The van der Waals surface area contributed by atoms with E-state index in [1.54, 1.807) is 18.2 Å². The van der Waals surface area contributed by atoms with Crippen molar-refractivity contribution in [3.8, 4) is 0 Å². The summed E-state index contributed by atoms with van der Waals surface area (Å²) in [6, 6.07) is 14.7. The lowest BCUT2D eigenvalue weighted by molar-refractivity contribution is -0.120. The molecule has 1 aliphatic carbocycles. The first-order valence-electron chi connectivity index (χ1n) is 9.06. The number of carbonyl (C=O) groups excluding carboxylic acids is 3. The quantitative estimate of drug-likeness (QED) is 0.796. The summed E-state index contributed by atoms with van der Waals surface area (Å²) in [6.07, 6.45) is 2.15. The van der Waals surface area contributed by atoms with E-state index in [1.165, 1.54) is 0 Å². The first kappa shape index (κ1) is 17.3. The third-order valence-corrected chi connectivity index (χ3v) is 4.77. The zero-order valence-electron chi connectivity index (χ0n) is 14.7. The smallest absolute Gasteiger partial charge is 0.339 e. The molecule has 2 aromatic carbocycles. The Labute approximate surface area is 156 Å². The molecule has 2 aliphatic rings. The summed E-state index contributed by atoms with van der Waals surface area (Å²) in [4.78, 5) is 36.4. The maximum absolute atomic E-state index is 12.4. The summed E-state index contributed by atoms with van der Waals surface area (Å²) in [6.45, 7) is -0.0545. The van der Waals surface area contributed by atoms with E-state index >= 15 is 0 Å². The molecule has 2 N–H and O–H groups in total. The van der Waals surface area contributed by atoms with Crippen LogP contribution in [-0.4, -0.2) is 30.4 Å². The Balaban J connectivity index is 1.46. The maximum Gasteiger partial charge on any atom is 0.339 e. The van der Waals surface area contributed by atoms with Crippen LogP contribution in [0, 0.1) is 0 Å². The van der Waals surface area contributed by atoms with Gasteiger partial charge < -0.3 is 15.4 Å². The van der Waals surface area contributed by atoms with Crippen LogP contribution >= 0.6 is 0 Å². The molecule has 0 bridgehead atoms. The van der Waals surface area contributed by atoms with E-state index in [-0.39, 0.29) is 36.5 Å². The van der Waals surface area contributed by atoms with E-state index in [9.17, 15) is 14.4 Å². The molecule has 1 unspecified atom stereocenters. The summed E-state index contributed by atoms with van der Waals surface area (Å²) in [7, 11) is 0. The number of fused-ring (bicyclic) bond motifs is 1. The lowest BCUT2D eigenvalue weighted by atomic mass is 9.93. The molecule has 1 aliphatic heterocycles. The second-order valence-corrected chi connectivity index (χ2v) is 6.91. The van der Waals surface area contributed by atoms with Crippen LogP contribution in [0.25, 0.3) is 0 Å². The van der Waals surface area contributed by atoms with Gasteiger partial charge in [-0.1, -0.05) is 30.3 Å². The predicted octanol–water partition coefficient (Wildman–Crippen LogP) is 2.15. The highest BCUT2D eigenvalue weighted by Gasteiger charge is 2.28. The number of hydrogen-bond donors (Lipinski definition) is 2.